The molecule has 0 bridgehead atoms. The van der Waals surface area contributed by atoms with E-state index in [0.717, 1.165) is 19.4 Å². The fourth-order valence-corrected chi connectivity index (χ4v) is 1.88. The predicted octanol–water partition coefficient (Wildman–Crippen LogP) is 2.09. The van der Waals surface area contributed by atoms with Crippen molar-refractivity contribution in [1.82, 2.24) is 5.32 Å². The summed E-state index contributed by atoms with van der Waals surface area (Å²) in [5, 5.41) is 22.9. The summed E-state index contributed by atoms with van der Waals surface area (Å²) in [6.07, 6.45) is 1.75. The fraction of sp³-hybridized carbons (Fsp3) is 0.538. The number of nitrogens with one attached hydrogen (secondary N) is 1. The van der Waals surface area contributed by atoms with E-state index in [4.69, 9.17) is 5.11 Å². The second-order valence-corrected chi connectivity index (χ2v) is 4.30. The molecular formula is C13H20N2O3. The molecule has 0 aliphatic heterocycles. The summed E-state index contributed by atoms with van der Waals surface area (Å²) in [4.78, 5) is 10.5. The molecule has 0 aliphatic rings. The van der Waals surface area contributed by atoms with Crippen molar-refractivity contribution in [2.24, 2.45) is 5.92 Å². The molecule has 0 fully saturated rings. The molecule has 5 nitrogen and oxygen atoms in total. The van der Waals surface area contributed by atoms with Gasteiger partial charge in [-0.3, -0.25) is 10.1 Å². The van der Waals surface area contributed by atoms with Gasteiger partial charge in [-0.1, -0.05) is 31.5 Å². The third-order valence-corrected chi connectivity index (χ3v) is 3.05. The van der Waals surface area contributed by atoms with Crippen LogP contribution >= 0.6 is 0 Å². The Labute approximate surface area is 107 Å². The van der Waals surface area contributed by atoms with Crippen molar-refractivity contribution in [3.63, 3.8) is 0 Å². The Morgan fingerprint density at radius 2 is 2.17 bits per heavy atom. The molecular weight excluding hydrogens is 232 g/mol. The van der Waals surface area contributed by atoms with Gasteiger partial charge in [0.15, 0.2) is 0 Å². The van der Waals surface area contributed by atoms with E-state index in [1.165, 1.54) is 6.07 Å². The molecule has 1 unspecified atom stereocenters. The average molecular weight is 252 g/mol. The van der Waals surface area contributed by atoms with Gasteiger partial charge in [0.2, 0.25) is 0 Å². The molecule has 1 atom stereocenters. The van der Waals surface area contributed by atoms with Crippen molar-refractivity contribution in [1.29, 1.82) is 0 Å². The Morgan fingerprint density at radius 1 is 1.44 bits per heavy atom. The van der Waals surface area contributed by atoms with Crippen LogP contribution in [0.15, 0.2) is 24.3 Å². The zero-order valence-electron chi connectivity index (χ0n) is 10.6. The first-order valence-corrected chi connectivity index (χ1v) is 6.22. The zero-order chi connectivity index (χ0) is 13.4. The van der Waals surface area contributed by atoms with Gasteiger partial charge in [-0.25, -0.2) is 0 Å². The molecule has 1 rings (SSSR count). The summed E-state index contributed by atoms with van der Waals surface area (Å²) >= 11 is 0. The third kappa shape index (κ3) is 4.43. The fourth-order valence-electron chi connectivity index (χ4n) is 1.88. The first kappa shape index (κ1) is 14.6. The van der Waals surface area contributed by atoms with Crippen LogP contribution in [-0.4, -0.2) is 23.2 Å². The Hall–Kier alpha value is -1.46. The van der Waals surface area contributed by atoms with Gasteiger partial charge in [0.25, 0.3) is 5.69 Å². The molecule has 1 aromatic rings. The highest BCUT2D eigenvalue weighted by atomic mass is 16.6. The molecule has 100 valence electrons. The third-order valence-electron chi connectivity index (χ3n) is 3.05. The van der Waals surface area contributed by atoms with Gasteiger partial charge in [0, 0.05) is 24.8 Å². The number of aliphatic hydroxyl groups excluding tert-OH is 1. The van der Waals surface area contributed by atoms with Crippen LogP contribution in [0.1, 0.15) is 25.3 Å². The number of hydrogen-bond donors (Lipinski definition) is 2. The average Bonchev–Trinajstić information content (AvgIpc) is 2.38. The molecule has 0 radical (unpaired) electrons. The molecule has 0 spiro atoms. The Balaban J connectivity index is 2.50. The molecule has 0 heterocycles. The van der Waals surface area contributed by atoms with Gasteiger partial charge in [0.05, 0.1) is 4.92 Å². The number of nitro groups is 1. The number of para-hydroxylation sites is 1. The van der Waals surface area contributed by atoms with E-state index >= 15 is 0 Å². The van der Waals surface area contributed by atoms with Gasteiger partial charge in [-0.05, 0) is 18.9 Å². The lowest BCUT2D eigenvalue weighted by Gasteiger charge is -2.14. The molecule has 0 amide bonds. The van der Waals surface area contributed by atoms with E-state index in [1.807, 2.05) is 0 Å². The molecule has 0 aromatic heterocycles. The van der Waals surface area contributed by atoms with Gasteiger partial charge in [-0.15, -0.1) is 0 Å². The molecule has 1 aromatic carbocycles. The number of benzene rings is 1. The maximum Gasteiger partial charge on any atom is 0.273 e. The normalized spacial score (nSPS) is 12.3. The number of nitrogens with zero attached hydrogens (tertiary/aromatic N) is 1. The molecule has 0 aliphatic carbocycles. The molecule has 0 saturated heterocycles. The summed E-state index contributed by atoms with van der Waals surface area (Å²) in [5.41, 5.74) is 0.849. The Bertz CT molecular complexity index is 382. The lowest BCUT2D eigenvalue weighted by Crippen LogP contribution is -2.23. The van der Waals surface area contributed by atoms with E-state index in [1.54, 1.807) is 18.2 Å². The van der Waals surface area contributed by atoms with Crippen molar-refractivity contribution in [2.45, 2.75) is 26.3 Å². The molecule has 2 N–H and O–H groups in total. The lowest BCUT2D eigenvalue weighted by molar-refractivity contribution is -0.385. The monoisotopic (exact) mass is 252 g/mol. The summed E-state index contributed by atoms with van der Waals surface area (Å²) in [6.45, 7) is 3.51. The SMILES string of the molecule is CCC(CCO)CNCc1ccccc1[N+](=O)[O-]. The number of aliphatic hydroxyl groups is 1. The maximum atomic E-state index is 10.8. The van der Waals surface area contributed by atoms with E-state index in [9.17, 15) is 10.1 Å². The number of hydrogen-bond acceptors (Lipinski definition) is 4. The van der Waals surface area contributed by atoms with Crippen LogP contribution in [0, 0.1) is 16.0 Å². The standard InChI is InChI=1S/C13H20N2O3/c1-2-11(7-8-16)9-14-10-12-5-3-4-6-13(12)15(17)18/h3-6,11,14,16H,2,7-10H2,1H3. The van der Waals surface area contributed by atoms with Crippen molar-refractivity contribution in [3.8, 4) is 0 Å². The molecule has 0 saturated carbocycles. The zero-order valence-corrected chi connectivity index (χ0v) is 10.6. The Morgan fingerprint density at radius 3 is 2.78 bits per heavy atom. The first-order chi connectivity index (χ1) is 8.69. The van der Waals surface area contributed by atoms with E-state index in [2.05, 4.69) is 12.2 Å². The number of rotatable bonds is 8. The quantitative estimate of drug-likeness (QED) is 0.548. The highest BCUT2D eigenvalue weighted by molar-refractivity contribution is 5.39. The molecule has 18 heavy (non-hydrogen) atoms. The smallest absolute Gasteiger partial charge is 0.273 e. The van der Waals surface area contributed by atoms with Crippen LogP contribution in [0.5, 0.6) is 0 Å². The predicted molar refractivity (Wildman–Crippen MR) is 70.3 cm³/mol. The summed E-state index contributed by atoms with van der Waals surface area (Å²) < 4.78 is 0. The second kappa shape index (κ2) is 7.79. The largest absolute Gasteiger partial charge is 0.396 e. The van der Waals surface area contributed by atoms with Gasteiger partial charge in [0.1, 0.15) is 0 Å². The highest BCUT2D eigenvalue weighted by Crippen LogP contribution is 2.17. The second-order valence-electron chi connectivity index (χ2n) is 4.30. The minimum absolute atomic E-state index is 0.153. The van der Waals surface area contributed by atoms with Crippen molar-refractivity contribution >= 4 is 5.69 Å². The van der Waals surface area contributed by atoms with Crippen molar-refractivity contribution < 1.29 is 10.0 Å². The van der Waals surface area contributed by atoms with Crippen LogP contribution < -0.4 is 5.32 Å². The van der Waals surface area contributed by atoms with Crippen LogP contribution in [-0.2, 0) is 6.54 Å². The summed E-state index contributed by atoms with van der Waals surface area (Å²) in [7, 11) is 0. The van der Waals surface area contributed by atoms with E-state index < -0.39 is 0 Å². The van der Waals surface area contributed by atoms with Gasteiger partial charge in [-0.2, -0.15) is 0 Å². The minimum Gasteiger partial charge on any atom is -0.396 e. The summed E-state index contributed by atoms with van der Waals surface area (Å²) in [5.74, 6) is 0.415. The van der Waals surface area contributed by atoms with Gasteiger partial charge < -0.3 is 10.4 Å². The first-order valence-electron chi connectivity index (χ1n) is 6.22. The van der Waals surface area contributed by atoms with Crippen LogP contribution in [0.2, 0.25) is 0 Å². The maximum absolute atomic E-state index is 10.8. The highest BCUT2D eigenvalue weighted by Gasteiger charge is 2.12. The van der Waals surface area contributed by atoms with E-state index in [-0.39, 0.29) is 17.2 Å². The summed E-state index contributed by atoms with van der Waals surface area (Å²) in [6, 6.07) is 6.75. The van der Waals surface area contributed by atoms with Crippen LogP contribution in [0.25, 0.3) is 0 Å². The van der Waals surface area contributed by atoms with E-state index in [0.29, 0.717) is 18.0 Å². The van der Waals surface area contributed by atoms with Crippen LogP contribution in [0.3, 0.4) is 0 Å². The van der Waals surface area contributed by atoms with Crippen molar-refractivity contribution in [2.75, 3.05) is 13.2 Å². The molecule has 5 heteroatoms. The number of nitro benzene ring substituents is 1. The minimum atomic E-state index is -0.359. The van der Waals surface area contributed by atoms with Crippen molar-refractivity contribution in [3.05, 3.63) is 39.9 Å². The van der Waals surface area contributed by atoms with Crippen LogP contribution in [0.4, 0.5) is 5.69 Å². The lowest BCUT2D eigenvalue weighted by atomic mass is 10.0. The van der Waals surface area contributed by atoms with Gasteiger partial charge >= 0.3 is 0 Å². The Kier molecular flexibility index (Phi) is 6.32. The topological polar surface area (TPSA) is 75.4 Å².